The number of rotatable bonds is 7. The summed E-state index contributed by atoms with van der Waals surface area (Å²) in [5.41, 5.74) is 2.02. The average molecular weight is 541 g/mol. The molecule has 1 aliphatic heterocycles. The number of nitrogens with one attached hydrogen (secondary N) is 1. The molecular weight excluding hydrogens is 523 g/mol. The zero-order valence-electron chi connectivity index (χ0n) is 17.7. The molecule has 0 spiro atoms. The van der Waals surface area contributed by atoms with Crippen LogP contribution in [0.25, 0.3) is 6.08 Å². The lowest BCUT2D eigenvalue weighted by molar-refractivity contribution is -0.123. The van der Waals surface area contributed by atoms with Gasteiger partial charge >= 0.3 is 0 Å². The third kappa shape index (κ3) is 5.92. The smallest absolute Gasteiger partial charge is 0.293 e. The van der Waals surface area contributed by atoms with E-state index in [2.05, 4.69) is 21.2 Å². The SMILES string of the molecule is O=C(COc1ccc(/C=C2\SC(=O)N(Cc3ccc(F)cc3)C2=O)cc1Br)Nc1ccccc1. The maximum absolute atomic E-state index is 13.1. The molecule has 3 amide bonds. The number of hydrogen-bond acceptors (Lipinski definition) is 5. The fraction of sp³-hybridized carbons (Fsp3) is 0.0800. The predicted molar refractivity (Wildman–Crippen MR) is 133 cm³/mol. The first-order valence-corrected chi connectivity index (χ1v) is 11.8. The predicted octanol–water partition coefficient (Wildman–Crippen LogP) is 5.84. The molecule has 3 aromatic rings. The van der Waals surface area contributed by atoms with Gasteiger partial charge in [-0.1, -0.05) is 36.4 Å². The first-order chi connectivity index (χ1) is 16.4. The molecule has 1 N–H and O–H groups in total. The van der Waals surface area contributed by atoms with Crippen molar-refractivity contribution in [1.29, 1.82) is 0 Å². The fourth-order valence-electron chi connectivity index (χ4n) is 3.15. The highest BCUT2D eigenvalue weighted by molar-refractivity contribution is 9.10. The van der Waals surface area contributed by atoms with Gasteiger partial charge in [0, 0.05) is 5.69 Å². The summed E-state index contributed by atoms with van der Waals surface area (Å²) >= 11 is 4.27. The van der Waals surface area contributed by atoms with Gasteiger partial charge in [0.15, 0.2) is 6.61 Å². The second kappa shape index (κ2) is 10.7. The first-order valence-electron chi connectivity index (χ1n) is 10.2. The monoisotopic (exact) mass is 540 g/mol. The van der Waals surface area contributed by atoms with Crippen molar-refractivity contribution in [3.8, 4) is 5.75 Å². The molecule has 0 aromatic heterocycles. The third-order valence-electron chi connectivity index (χ3n) is 4.80. The number of carbonyl (C=O) groups is 3. The third-order valence-corrected chi connectivity index (χ3v) is 6.32. The van der Waals surface area contributed by atoms with Gasteiger partial charge < -0.3 is 10.1 Å². The minimum atomic E-state index is -0.409. The number of thioether (sulfide) groups is 1. The molecule has 9 heteroatoms. The van der Waals surface area contributed by atoms with Crippen LogP contribution >= 0.6 is 27.7 Å². The second-order valence-corrected chi connectivity index (χ2v) is 9.13. The lowest BCUT2D eigenvalue weighted by Crippen LogP contribution is -2.27. The van der Waals surface area contributed by atoms with Crippen LogP contribution in [0.4, 0.5) is 14.9 Å². The summed E-state index contributed by atoms with van der Waals surface area (Å²) in [4.78, 5) is 38.6. The van der Waals surface area contributed by atoms with Gasteiger partial charge in [-0.25, -0.2) is 4.39 Å². The summed E-state index contributed by atoms with van der Waals surface area (Å²) in [7, 11) is 0. The molecule has 0 bridgehead atoms. The van der Waals surface area contributed by atoms with Crippen molar-refractivity contribution in [2.45, 2.75) is 6.54 Å². The zero-order valence-corrected chi connectivity index (χ0v) is 20.1. The van der Waals surface area contributed by atoms with Crippen LogP contribution < -0.4 is 10.1 Å². The quantitative estimate of drug-likeness (QED) is 0.381. The summed E-state index contributed by atoms with van der Waals surface area (Å²) in [6, 6.07) is 19.9. The maximum Gasteiger partial charge on any atom is 0.293 e. The van der Waals surface area contributed by atoms with Crippen LogP contribution in [0.5, 0.6) is 5.75 Å². The molecule has 6 nitrogen and oxygen atoms in total. The largest absolute Gasteiger partial charge is 0.483 e. The van der Waals surface area contributed by atoms with E-state index in [0.717, 1.165) is 16.7 Å². The standard InChI is InChI=1S/C25H18BrFN2O4S/c26-20-12-17(8-11-21(20)33-15-23(30)28-19-4-2-1-3-5-19)13-22-24(31)29(25(32)34-22)14-16-6-9-18(27)10-7-16/h1-13H,14-15H2,(H,28,30)/b22-13-. The molecule has 0 saturated carbocycles. The van der Waals surface area contributed by atoms with E-state index < -0.39 is 5.91 Å². The number of para-hydroxylation sites is 1. The Morgan fingerprint density at radius 1 is 1.06 bits per heavy atom. The Kier molecular flexibility index (Phi) is 7.44. The van der Waals surface area contributed by atoms with E-state index in [1.54, 1.807) is 36.4 Å². The summed E-state index contributed by atoms with van der Waals surface area (Å²) in [5.74, 6) is -0.622. The van der Waals surface area contributed by atoms with Gasteiger partial charge in [0.05, 0.1) is 15.9 Å². The molecule has 34 heavy (non-hydrogen) atoms. The Morgan fingerprint density at radius 3 is 2.50 bits per heavy atom. The van der Waals surface area contributed by atoms with Crippen molar-refractivity contribution in [2.24, 2.45) is 0 Å². The van der Waals surface area contributed by atoms with E-state index >= 15 is 0 Å². The number of amides is 3. The van der Waals surface area contributed by atoms with Crippen molar-refractivity contribution in [2.75, 3.05) is 11.9 Å². The molecule has 0 aliphatic carbocycles. The summed E-state index contributed by atoms with van der Waals surface area (Å²) in [6.45, 7) is -0.0983. The fourth-order valence-corrected chi connectivity index (χ4v) is 4.50. The number of anilines is 1. The van der Waals surface area contributed by atoms with Gasteiger partial charge in [-0.15, -0.1) is 0 Å². The van der Waals surface area contributed by atoms with Crippen molar-refractivity contribution in [3.63, 3.8) is 0 Å². The number of carbonyl (C=O) groups excluding carboxylic acids is 3. The van der Waals surface area contributed by atoms with E-state index in [9.17, 15) is 18.8 Å². The van der Waals surface area contributed by atoms with E-state index in [-0.39, 0.29) is 35.0 Å². The molecule has 1 aliphatic rings. The molecule has 1 saturated heterocycles. The minimum Gasteiger partial charge on any atom is -0.483 e. The minimum absolute atomic E-state index is 0.0732. The molecule has 0 unspecified atom stereocenters. The van der Waals surface area contributed by atoms with E-state index in [1.807, 2.05) is 18.2 Å². The van der Waals surface area contributed by atoms with Gasteiger partial charge in [0.2, 0.25) is 0 Å². The van der Waals surface area contributed by atoms with E-state index in [4.69, 9.17) is 4.74 Å². The summed E-state index contributed by atoms with van der Waals surface area (Å²) in [5, 5.41) is 2.36. The molecular formula is C25H18BrFN2O4S. The van der Waals surface area contributed by atoms with Gasteiger partial charge in [-0.05, 0) is 81.3 Å². The Morgan fingerprint density at radius 2 is 1.79 bits per heavy atom. The highest BCUT2D eigenvalue weighted by Gasteiger charge is 2.35. The number of halogens is 2. The summed E-state index contributed by atoms with van der Waals surface area (Å²) < 4.78 is 19.3. The molecule has 1 heterocycles. The van der Waals surface area contributed by atoms with Crippen molar-refractivity contribution in [1.82, 2.24) is 4.90 Å². The Balaban J connectivity index is 1.38. The van der Waals surface area contributed by atoms with Crippen LogP contribution in [0.2, 0.25) is 0 Å². The topological polar surface area (TPSA) is 75.7 Å². The van der Waals surface area contributed by atoms with Crippen LogP contribution in [-0.2, 0) is 16.1 Å². The highest BCUT2D eigenvalue weighted by Crippen LogP contribution is 2.34. The molecule has 3 aromatic carbocycles. The Labute approximate surface area is 207 Å². The number of imide groups is 1. The van der Waals surface area contributed by atoms with Gasteiger partial charge in [0.1, 0.15) is 11.6 Å². The molecule has 4 rings (SSSR count). The van der Waals surface area contributed by atoms with E-state index in [0.29, 0.717) is 27.0 Å². The van der Waals surface area contributed by atoms with Crippen LogP contribution in [0.3, 0.4) is 0 Å². The second-order valence-electron chi connectivity index (χ2n) is 7.29. The first kappa shape index (κ1) is 23.7. The molecule has 1 fully saturated rings. The van der Waals surface area contributed by atoms with Gasteiger partial charge in [-0.2, -0.15) is 0 Å². The van der Waals surface area contributed by atoms with Crippen molar-refractivity contribution < 1.29 is 23.5 Å². The average Bonchev–Trinajstić information content (AvgIpc) is 3.08. The van der Waals surface area contributed by atoms with E-state index in [1.165, 1.54) is 24.3 Å². The molecule has 0 radical (unpaired) electrons. The number of hydrogen-bond donors (Lipinski definition) is 1. The zero-order chi connectivity index (χ0) is 24.1. The normalized spacial score (nSPS) is 14.5. The van der Waals surface area contributed by atoms with Crippen LogP contribution in [0.1, 0.15) is 11.1 Å². The van der Waals surface area contributed by atoms with Crippen LogP contribution in [-0.4, -0.2) is 28.6 Å². The summed E-state index contributed by atoms with van der Waals surface area (Å²) in [6.07, 6.45) is 1.62. The van der Waals surface area contributed by atoms with Gasteiger partial charge in [0.25, 0.3) is 17.1 Å². The van der Waals surface area contributed by atoms with Crippen LogP contribution in [0.15, 0.2) is 82.2 Å². The molecule has 172 valence electrons. The van der Waals surface area contributed by atoms with Crippen LogP contribution in [0, 0.1) is 5.82 Å². The highest BCUT2D eigenvalue weighted by atomic mass is 79.9. The number of ether oxygens (including phenoxy) is 1. The Hall–Kier alpha value is -3.43. The molecule has 0 atom stereocenters. The lowest BCUT2D eigenvalue weighted by Gasteiger charge is -2.12. The van der Waals surface area contributed by atoms with Crippen molar-refractivity contribution in [3.05, 3.63) is 99.1 Å². The number of benzene rings is 3. The van der Waals surface area contributed by atoms with Crippen molar-refractivity contribution >= 4 is 56.5 Å². The number of nitrogens with zero attached hydrogens (tertiary/aromatic N) is 1. The maximum atomic E-state index is 13.1. The Bertz CT molecular complexity index is 1270. The lowest BCUT2D eigenvalue weighted by atomic mass is 10.2. The van der Waals surface area contributed by atoms with Gasteiger partial charge in [-0.3, -0.25) is 19.3 Å².